The highest BCUT2D eigenvalue weighted by molar-refractivity contribution is 5.93. The van der Waals surface area contributed by atoms with Crippen molar-refractivity contribution in [2.24, 2.45) is 7.05 Å². The van der Waals surface area contributed by atoms with Gasteiger partial charge < -0.3 is 9.64 Å². The standard InChI is InChI=1S/C24H28N4O2/c1-18(19-7-5-4-6-8-19)27-13-15-28(16-14-27)24(29)23-17-22(25-26(23)2)20-9-11-21(30-3)12-10-20/h4-12,17-18H,13-16H2,1-3H3. The molecule has 0 radical (unpaired) electrons. The summed E-state index contributed by atoms with van der Waals surface area (Å²) in [5, 5.41) is 4.55. The van der Waals surface area contributed by atoms with Crippen molar-refractivity contribution in [2.75, 3.05) is 33.3 Å². The maximum absolute atomic E-state index is 13.1. The average molecular weight is 405 g/mol. The van der Waals surface area contributed by atoms with E-state index >= 15 is 0 Å². The first kappa shape index (κ1) is 20.2. The highest BCUT2D eigenvalue weighted by Gasteiger charge is 2.27. The Labute approximate surface area is 177 Å². The van der Waals surface area contributed by atoms with Gasteiger partial charge in [-0.05, 0) is 42.8 Å². The molecule has 6 nitrogen and oxygen atoms in total. The van der Waals surface area contributed by atoms with Gasteiger partial charge in [-0.15, -0.1) is 0 Å². The van der Waals surface area contributed by atoms with Crippen LogP contribution in [0.25, 0.3) is 11.3 Å². The molecule has 1 aromatic heterocycles. The van der Waals surface area contributed by atoms with Crippen LogP contribution < -0.4 is 4.74 Å². The van der Waals surface area contributed by atoms with E-state index < -0.39 is 0 Å². The van der Waals surface area contributed by atoms with Crippen molar-refractivity contribution in [3.63, 3.8) is 0 Å². The molecule has 30 heavy (non-hydrogen) atoms. The first-order chi connectivity index (χ1) is 14.6. The SMILES string of the molecule is COc1ccc(-c2cc(C(=O)N3CCN(C(C)c4ccccc4)CC3)n(C)n2)cc1. The van der Waals surface area contributed by atoms with Gasteiger partial charge in [0.25, 0.3) is 5.91 Å². The summed E-state index contributed by atoms with van der Waals surface area (Å²) >= 11 is 0. The van der Waals surface area contributed by atoms with E-state index in [1.807, 2.05) is 48.3 Å². The lowest BCUT2D eigenvalue weighted by Gasteiger charge is -2.38. The highest BCUT2D eigenvalue weighted by Crippen LogP contribution is 2.24. The Morgan fingerprint density at radius 2 is 1.67 bits per heavy atom. The van der Waals surface area contributed by atoms with Crippen LogP contribution in [-0.2, 0) is 7.05 Å². The molecule has 156 valence electrons. The lowest BCUT2D eigenvalue weighted by atomic mass is 10.1. The number of piperazine rings is 1. The summed E-state index contributed by atoms with van der Waals surface area (Å²) in [6.45, 7) is 5.41. The van der Waals surface area contributed by atoms with E-state index in [1.54, 1.807) is 11.8 Å². The number of hydrogen-bond donors (Lipinski definition) is 0. The van der Waals surface area contributed by atoms with Crippen LogP contribution in [0.5, 0.6) is 5.75 Å². The Morgan fingerprint density at radius 1 is 1.00 bits per heavy atom. The second-order valence-corrected chi connectivity index (χ2v) is 7.68. The predicted molar refractivity (Wildman–Crippen MR) is 118 cm³/mol. The molecule has 1 atom stereocenters. The molecule has 1 saturated heterocycles. The first-order valence-electron chi connectivity index (χ1n) is 10.3. The minimum atomic E-state index is 0.0387. The van der Waals surface area contributed by atoms with Gasteiger partial charge in [0.2, 0.25) is 0 Å². The summed E-state index contributed by atoms with van der Waals surface area (Å²) in [6.07, 6.45) is 0. The van der Waals surface area contributed by atoms with Gasteiger partial charge in [0.1, 0.15) is 11.4 Å². The summed E-state index contributed by atoms with van der Waals surface area (Å²) in [7, 11) is 3.47. The smallest absolute Gasteiger partial charge is 0.272 e. The molecule has 2 heterocycles. The van der Waals surface area contributed by atoms with Gasteiger partial charge in [-0.25, -0.2) is 0 Å². The number of carbonyl (C=O) groups excluding carboxylic acids is 1. The van der Waals surface area contributed by atoms with Gasteiger partial charge in [-0.2, -0.15) is 5.10 Å². The Bertz CT molecular complexity index is 990. The molecule has 0 spiro atoms. The summed E-state index contributed by atoms with van der Waals surface area (Å²) in [4.78, 5) is 17.5. The maximum Gasteiger partial charge on any atom is 0.272 e. The van der Waals surface area contributed by atoms with Gasteiger partial charge >= 0.3 is 0 Å². The van der Waals surface area contributed by atoms with E-state index in [0.29, 0.717) is 11.7 Å². The molecule has 1 amide bonds. The Balaban J connectivity index is 1.42. The molecule has 4 rings (SSSR count). The van der Waals surface area contributed by atoms with Crippen molar-refractivity contribution < 1.29 is 9.53 Å². The average Bonchev–Trinajstić information content (AvgIpc) is 3.20. The molecule has 0 bridgehead atoms. The van der Waals surface area contributed by atoms with Crippen LogP contribution >= 0.6 is 0 Å². The number of amides is 1. The van der Waals surface area contributed by atoms with E-state index in [2.05, 4.69) is 41.2 Å². The number of rotatable bonds is 5. The number of aryl methyl sites for hydroxylation is 1. The molecule has 0 saturated carbocycles. The third kappa shape index (κ3) is 4.09. The molecule has 1 fully saturated rings. The molecular formula is C24H28N4O2. The Hall–Kier alpha value is -3.12. The van der Waals surface area contributed by atoms with Gasteiger partial charge in [0.15, 0.2) is 0 Å². The molecule has 3 aromatic rings. The van der Waals surface area contributed by atoms with Gasteiger partial charge in [-0.1, -0.05) is 30.3 Å². The number of nitrogens with zero attached hydrogens (tertiary/aromatic N) is 4. The third-order valence-electron chi connectivity index (χ3n) is 5.92. The number of hydrogen-bond acceptors (Lipinski definition) is 4. The summed E-state index contributed by atoms with van der Waals surface area (Å²) in [6, 6.07) is 20.5. The lowest BCUT2D eigenvalue weighted by Crippen LogP contribution is -2.49. The third-order valence-corrected chi connectivity index (χ3v) is 5.92. The van der Waals surface area contributed by atoms with Gasteiger partial charge in [0.05, 0.1) is 12.8 Å². The molecule has 1 aliphatic heterocycles. The predicted octanol–water partition coefficient (Wildman–Crippen LogP) is 3.61. The number of ether oxygens (including phenoxy) is 1. The zero-order chi connectivity index (χ0) is 21.1. The van der Waals surface area contributed by atoms with Gasteiger partial charge in [0, 0.05) is 44.8 Å². The second-order valence-electron chi connectivity index (χ2n) is 7.68. The normalized spacial score (nSPS) is 15.8. The molecular weight excluding hydrogens is 376 g/mol. The second kappa shape index (κ2) is 8.71. The number of carbonyl (C=O) groups is 1. The van der Waals surface area contributed by atoms with E-state index in [4.69, 9.17) is 4.74 Å². The summed E-state index contributed by atoms with van der Waals surface area (Å²) in [5.74, 6) is 0.838. The highest BCUT2D eigenvalue weighted by atomic mass is 16.5. The van der Waals surface area contributed by atoms with Crippen molar-refractivity contribution in [1.82, 2.24) is 19.6 Å². The van der Waals surface area contributed by atoms with Crippen molar-refractivity contribution in [1.29, 1.82) is 0 Å². The van der Waals surface area contributed by atoms with E-state index in [-0.39, 0.29) is 5.91 Å². The fourth-order valence-electron chi connectivity index (χ4n) is 3.99. The van der Waals surface area contributed by atoms with Crippen molar-refractivity contribution >= 4 is 5.91 Å². The van der Waals surface area contributed by atoms with Crippen molar-refractivity contribution in [3.8, 4) is 17.0 Å². The van der Waals surface area contributed by atoms with Crippen LogP contribution in [0.15, 0.2) is 60.7 Å². The number of benzene rings is 2. The van der Waals surface area contributed by atoms with Crippen molar-refractivity contribution in [3.05, 3.63) is 71.9 Å². The van der Waals surface area contributed by atoms with E-state index in [1.165, 1.54) is 5.56 Å². The monoisotopic (exact) mass is 404 g/mol. The van der Waals surface area contributed by atoms with Crippen LogP contribution in [0.3, 0.4) is 0 Å². The van der Waals surface area contributed by atoms with Crippen LogP contribution in [0.1, 0.15) is 29.0 Å². The van der Waals surface area contributed by atoms with Crippen LogP contribution in [0, 0.1) is 0 Å². The van der Waals surface area contributed by atoms with E-state index in [0.717, 1.165) is 43.2 Å². The molecule has 6 heteroatoms. The Morgan fingerprint density at radius 3 is 2.30 bits per heavy atom. The summed E-state index contributed by atoms with van der Waals surface area (Å²) in [5.41, 5.74) is 3.69. The zero-order valence-electron chi connectivity index (χ0n) is 17.8. The lowest BCUT2D eigenvalue weighted by molar-refractivity contribution is 0.0572. The number of aromatic nitrogens is 2. The largest absolute Gasteiger partial charge is 0.497 e. The molecule has 1 unspecified atom stereocenters. The van der Waals surface area contributed by atoms with E-state index in [9.17, 15) is 4.79 Å². The molecule has 0 aliphatic carbocycles. The van der Waals surface area contributed by atoms with Gasteiger partial charge in [-0.3, -0.25) is 14.4 Å². The molecule has 1 aliphatic rings. The van der Waals surface area contributed by atoms with Crippen LogP contribution in [-0.4, -0.2) is 58.8 Å². The Kier molecular flexibility index (Phi) is 5.86. The molecule has 0 N–H and O–H groups in total. The quantitative estimate of drug-likeness (QED) is 0.652. The zero-order valence-corrected chi connectivity index (χ0v) is 17.8. The van der Waals surface area contributed by atoms with Crippen LogP contribution in [0.2, 0.25) is 0 Å². The minimum Gasteiger partial charge on any atom is -0.497 e. The van der Waals surface area contributed by atoms with Crippen LogP contribution in [0.4, 0.5) is 0 Å². The number of methoxy groups -OCH3 is 1. The fourth-order valence-corrected chi connectivity index (χ4v) is 3.99. The fraction of sp³-hybridized carbons (Fsp3) is 0.333. The maximum atomic E-state index is 13.1. The molecule has 2 aromatic carbocycles. The first-order valence-corrected chi connectivity index (χ1v) is 10.3. The minimum absolute atomic E-state index is 0.0387. The van der Waals surface area contributed by atoms with Crippen molar-refractivity contribution in [2.45, 2.75) is 13.0 Å². The summed E-state index contributed by atoms with van der Waals surface area (Å²) < 4.78 is 6.90. The topological polar surface area (TPSA) is 50.6 Å².